The highest BCUT2D eigenvalue weighted by molar-refractivity contribution is 7.80. The van der Waals surface area contributed by atoms with Gasteiger partial charge in [0.15, 0.2) is 0 Å². The number of hydrogen-bond donors (Lipinski definition) is 2. The molecule has 8 nitrogen and oxygen atoms in total. The Bertz CT molecular complexity index is 535. The lowest BCUT2D eigenvalue weighted by molar-refractivity contribution is 0.0420. The standard InChI is InChI=1S/C10H13ClN2O2.CH4O4S/c1-10(2,13-11)7-15-9(14)8-4-3-5-12-6-8;1-5-6(2,3)4/h3-6,13H,7H2,1-2H3;1H3,(H,2,3,4). The van der Waals surface area contributed by atoms with Crippen molar-refractivity contribution < 1.29 is 26.7 Å². The fourth-order valence-corrected chi connectivity index (χ4v) is 0.895. The van der Waals surface area contributed by atoms with Gasteiger partial charge in [0.2, 0.25) is 0 Å². The number of aromatic nitrogens is 1. The molecule has 0 unspecified atom stereocenters. The van der Waals surface area contributed by atoms with Gasteiger partial charge in [0.05, 0.1) is 18.2 Å². The molecular weight excluding hydrogens is 324 g/mol. The number of halogens is 1. The maximum Gasteiger partial charge on any atom is 0.397 e. The van der Waals surface area contributed by atoms with E-state index in [0.29, 0.717) is 5.56 Å². The molecule has 0 aliphatic heterocycles. The summed E-state index contributed by atoms with van der Waals surface area (Å²) >= 11 is 5.47. The Labute approximate surface area is 128 Å². The molecule has 120 valence electrons. The SMILES string of the molecule is CC(C)(COC(=O)c1cccnc1)NCl.COS(=O)(=O)O. The van der Waals surface area contributed by atoms with E-state index in [1.165, 1.54) is 6.20 Å². The molecule has 10 heteroatoms. The van der Waals surface area contributed by atoms with E-state index >= 15 is 0 Å². The summed E-state index contributed by atoms with van der Waals surface area (Å²) in [4.78, 5) is 17.8. The van der Waals surface area contributed by atoms with Crippen LogP contribution in [0.3, 0.4) is 0 Å². The zero-order chi connectivity index (χ0) is 16.5. The lowest BCUT2D eigenvalue weighted by atomic mass is 10.1. The predicted octanol–water partition coefficient (Wildman–Crippen LogP) is 1.20. The molecule has 0 amide bonds. The molecule has 0 aliphatic carbocycles. The van der Waals surface area contributed by atoms with Crippen molar-refractivity contribution in [2.45, 2.75) is 19.4 Å². The molecule has 0 spiro atoms. The quantitative estimate of drug-likeness (QED) is 0.466. The second-order valence-electron chi connectivity index (χ2n) is 4.39. The van der Waals surface area contributed by atoms with E-state index in [0.717, 1.165) is 7.11 Å². The van der Waals surface area contributed by atoms with Crippen LogP contribution in [-0.4, -0.2) is 43.2 Å². The molecule has 2 N–H and O–H groups in total. The van der Waals surface area contributed by atoms with Crippen LogP contribution in [0, 0.1) is 0 Å². The van der Waals surface area contributed by atoms with Crippen LogP contribution in [0.15, 0.2) is 24.5 Å². The molecular formula is C11H17ClN2O6S. The highest BCUT2D eigenvalue weighted by Crippen LogP contribution is 2.06. The molecule has 1 heterocycles. The van der Waals surface area contributed by atoms with Crippen molar-refractivity contribution >= 4 is 28.1 Å². The summed E-state index contributed by atoms with van der Waals surface area (Å²) in [5, 5.41) is 0. The Kier molecular flexibility index (Phi) is 8.37. The van der Waals surface area contributed by atoms with E-state index in [1.807, 2.05) is 13.8 Å². The number of hydrogen-bond acceptors (Lipinski definition) is 7. The van der Waals surface area contributed by atoms with E-state index in [1.54, 1.807) is 18.3 Å². The summed E-state index contributed by atoms with van der Waals surface area (Å²) in [6.07, 6.45) is 3.06. The van der Waals surface area contributed by atoms with Gasteiger partial charge < -0.3 is 4.74 Å². The Morgan fingerprint density at radius 2 is 2.10 bits per heavy atom. The minimum absolute atomic E-state index is 0.199. The third-order valence-electron chi connectivity index (χ3n) is 1.93. The number of rotatable bonds is 5. The summed E-state index contributed by atoms with van der Waals surface area (Å²) in [6, 6.07) is 3.33. The van der Waals surface area contributed by atoms with Gasteiger partial charge in [-0.1, -0.05) is 0 Å². The molecule has 1 rings (SSSR count). The van der Waals surface area contributed by atoms with Gasteiger partial charge in [-0.25, -0.2) is 9.63 Å². The molecule has 0 radical (unpaired) electrons. The normalized spacial score (nSPS) is 11.3. The highest BCUT2D eigenvalue weighted by Gasteiger charge is 2.19. The monoisotopic (exact) mass is 340 g/mol. The van der Waals surface area contributed by atoms with Crippen LogP contribution in [0.25, 0.3) is 0 Å². The van der Waals surface area contributed by atoms with E-state index in [2.05, 4.69) is 14.0 Å². The van der Waals surface area contributed by atoms with Crippen molar-refractivity contribution in [3.05, 3.63) is 30.1 Å². The van der Waals surface area contributed by atoms with Gasteiger partial charge in [-0.3, -0.25) is 13.7 Å². The van der Waals surface area contributed by atoms with Crippen molar-refractivity contribution in [1.29, 1.82) is 0 Å². The molecule has 0 saturated carbocycles. The van der Waals surface area contributed by atoms with Crippen LogP contribution in [0.2, 0.25) is 0 Å². The van der Waals surface area contributed by atoms with Crippen LogP contribution in [0.5, 0.6) is 0 Å². The van der Waals surface area contributed by atoms with Crippen molar-refractivity contribution in [3.8, 4) is 0 Å². The second kappa shape index (κ2) is 8.90. The molecule has 1 aromatic rings. The highest BCUT2D eigenvalue weighted by atomic mass is 35.5. The van der Waals surface area contributed by atoms with Crippen LogP contribution in [0.1, 0.15) is 24.2 Å². The third kappa shape index (κ3) is 10.2. The average Bonchev–Trinajstić information content (AvgIpc) is 2.46. The Morgan fingerprint density at radius 3 is 2.48 bits per heavy atom. The molecule has 0 aliphatic rings. The average molecular weight is 341 g/mol. The number of esters is 1. The number of pyridine rings is 1. The van der Waals surface area contributed by atoms with E-state index in [9.17, 15) is 13.2 Å². The topological polar surface area (TPSA) is 115 Å². The number of carbonyl (C=O) groups is 1. The Hall–Kier alpha value is -1.26. The lowest BCUT2D eigenvalue weighted by Gasteiger charge is -2.21. The number of nitrogens with zero attached hydrogens (tertiary/aromatic N) is 1. The predicted molar refractivity (Wildman–Crippen MR) is 76.1 cm³/mol. The van der Waals surface area contributed by atoms with Gasteiger partial charge in [0, 0.05) is 12.4 Å². The van der Waals surface area contributed by atoms with E-state index in [4.69, 9.17) is 21.1 Å². The first-order valence-electron chi connectivity index (χ1n) is 5.59. The smallest absolute Gasteiger partial charge is 0.397 e. The van der Waals surface area contributed by atoms with Crippen LogP contribution in [-0.2, 0) is 19.3 Å². The fourth-order valence-electron chi connectivity index (χ4n) is 0.840. The Morgan fingerprint density at radius 1 is 1.52 bits per heavy atom. The first-order chi connectivity index (χ1) is 9.61. The first kappa shape index (κ1) is 19.7. The molecule has 0 saturated heterocycles. The molecule has 0 aromatic carbocycles. The lowest BCUT2D eigenvalue weighted by Crippen LogP contribution is -2.38. The van der Waals surface area contributed by atoms with Crippen LogP contribution in [0.4, 0.5) is 0 Å². The van der Waals surface area contributed by atoms with Crippen molar-refractivity contribution in [2.75, 3.05) is 13.7 Å². The minimum atomic E-state index is -4.16. The summed E-state index contributed by atoms with van der Waals surface area (Å²) in [6.45, 7) is 3.86. The third-order valence-corrected chi connectivity index (χ3v) is 2.86. The van der Waals surface area contributed by atoms with Crippen molar-refractivity contribution in [2.24, 2.45) is 0 Å². The van der Waals surface area contributed by atoms with Crippen molar-refractivity contribution in [1.82, 2.24) is 9.82 Å². The van der Waals surface area contributed by atoms with Gasteiger partial charge in [-0.15, -0.1) is 0 Å². The summed E-state index contributed by atoms with van der Waals surface area (Å²) < 4.78 is 34.8. The summed E-state index contributed by atoms with van der Waals surface area (Å²) in [5.41, 5.74) is -0.0118. The first-order valence-corrected chi connectivity index (χ1v) is 7.33. The zero-order valence-electron chi connectivity index (χ0n) is 11.7. The maximum absolute atomic E-state index is 11.5. The van der Waals surface area contributed by atoms with Gasteiger partial charge in [0.1, 0.15) is 6.61 Å². The van der Waals surface area contributed by atoms with Gasteiger partial charge in [-0.2, -0.15) is 8.42 Å². The molecule has 21 heavy (non-hydrogen) atoms. The molecule has 0 bridgehead atoms. The molecule has 0 fully saturated rings. The number of ether oxygens (including phenoxy) is 1. The second-order valence-corrected chi connectivity index (χ2v) is 5.77. The van der Waals surface area contributed by atoms with Crippen LogP contribution < -0.4 is 4.84 Å². The van der Waals surface area contributed by atoms with Gasteiger partial charge in [-0.05, 0) is 37.8 Å². The van der Waals surface area contributed by atoms with Gasteiger partial charge in [0.25, 0.3) is 0 Å². The summed E-state index contributed by atoms with van der Waals surface area (Å²) in [5.74, 6) is -0.400. The minimum Gasteiger partial charge on any atom is -0.460 e. The molecule has 0 atom stereocenters. The summed E-state index contributed by atoms with van der Waals surface area (Å²) in [7, 11) is -3.29. The molecule has 1 aromatic heterocycles. The van der Waals surface area contributed by atoms with Gasteiger partial charge >= 0.3 is 16.4 Å². The number of carbonyl (C=O) groups excluding carboxylic acids is 1. The van der Waals surface area contributed by atoms with E-state index in [-0.39, 0.29) is 6.61 Å². The Balaban J connectivity index is 0.000000567. The zero-order valence-corrected chi connectivity index (χ0v) is 13.3. The van der Waals surface area contributed by atoms with Crippen LogP contribution >= 0.6 is 11.8 Å². The maximum atomic E-state index is 11.5. The van der Waals surface area contributed by atoms with Crippen molar-refractivity contribution in [3.63, 3.8) is 0 Å². The van der Waals surface area contributed by atoms with E-state index < -0.39 is 21.9 Å². The largest absolute Gasteiger partial charge is 0.460 e. The fraction of sp³-hybridized carbons (Fsp3) is 0.455. The number of nitrogens with one attached hydrogen (secondary N) is 1.